The molecular weight excluding hydrogens is 318 g/mol. The first-order valence-electron chi connectivity index (χ1n) is 8.92. The van der Waals surface area contributed by atoms with E-state index in [-0.39, 0.29) is 5.91 Å². The van der Waals surface area contributed by atoms with E-state index in [4.69, 9.17) is 9.16 Å². The van der Waals surface area contributed by atoms with Crippen LogP contribution in [0.15, 0.2) is 12.1 Å². The zero-order valence-corrected chi connectivity index (χ0v) is 17.0. The van der Waals surface area contributed by atoms with Crippen molar-refractivity contribution in [1.29, 1.82) is 0 Å². The van der Waals surface area contributed by atoms with E-state index in [1.165, 1.54) is 0 Å². The van der Waals surface area contributed by atoms with E-state index in [9.17, 15) is 4.79 Å². The fourth-order valence-corrected chi connectivity index (χ4v) is 9.46. The predicted octanol–water partition coefficient (Wildman–Crippen LogP) is 4.54. The topological polar surface area (TPSA) is 47.6 Å². The molecule has 0 atom stereocenters. The molecule has 0 bridgehead atoms. The standard InChI is InChI=1S/C19H31NO3Si/c1-12(2)24(13(3)4,14(5)6)23-18-10-15-8-9-20-19(21)16(15)11-17(18)22-7/h10-14H,8-9H2,1-7H3,(H,20,21). The molecule has 1 aromatic rings. The molecule has 4 nitrogen and oxygen atoms in total. The van der Waals surface area contributed by atoms with Crippen LogP contribution in [0.3, 0.4) is 0 Å². The molecule has 1 N–H and O–H groups in total. The molecule has 2 rings (SSSR count). The molecule has 0 radical (unpaired) electrons. The average molecular weight is 350 g/mol. The number of ether oxygens (including phenoxy) is 1. The van der Waals surface area contributed by atoms with Crippen molar-refractivity contribution in [3.05, 3.63) is 23.3 Å². The molecule has 0 saturated heterocycles. The van der Waals surface area contributed by atoms with Gasteiger partial charge in [-0.3, -0.25) is 4.79 Å². The normalized spacial score (nSPS) is 14.8. The molecule has 134 valence electrons. The zero-order valence-electron chi connectivity index (χ0n) is 16.0. The fraction of sp³-hybridized carbons (Fsp3) is 0.632. The number of methoxy groups -OCH3 is 1. The number of hydrogen-bond donors (Lipinski definition) is 1. The van der Waals surface area contributed by atoms with Gasteiger partial charge in [-0.25, -0.2) is 0 Å². The van der Waals surface area contributed by atoms with Crippen molar-refractivity contribution in [2.24, 2.45) is 0 Å². The number of benzene rings is 1. The van der Waals surface area contributed by atoms with Crippen LogP contribution in [0, 0.1) is 0 Å². The van der Waals surface area contributed by atoms with E-state index in [1.807, 2.05) is 12.1 Å². The monoisotopic (exact) mass is 349 g/mol. The van der Waals surface area contributed by atoms with Gasteiger partial charge in [0.05, 0.1) is 7.11 Å². The molecule has 1 heterocycles. The number of nitrogens with one attached hydrogen (secondary N) is 1. The van der Waals surface area contributed by atoms with Gasteiger partial charge in [-0.2, -0.15) is 0 Å². The first-order valence-corrected chi connectivity index (χ1v) is 11.1. The Labute approximate surface area is 147 Å². The molecule has 1 aromatic carbocycles. The van der Waals surface area contributed by atoms with E-state index in [0.717, 1.165) is 17.7 Å². The summed E-state index contributed by atoms with van der Waals surface area (Å²) in [6, 6.07) is 3.86. The molecule has 0 aromatic heterocycles. The minimum atomic E-state index is -2.06. The maximum absolute atomic E-state index is 12.1. The Bertz CT molecular complexity index is 589. The molecule has 0 unspecified atom stereocenters. The molecule has 0 spiro atoms. The van der Waals surface area contributed by atoms with Crippen LogP contribution in [0.2, 0.25) is 16.6 Å². The summed E-state index contributed by atoms with van der Waals surface area (Å²) in [5.41, 5.74) is 3.22. The quantitative estimate of drug-likeness (QED) is 0.767. The van der Waals surface area contributed by atoms with E-state index in [1.54, 1.807) is 7.11 Å². The maximum atomic E-state index is 12.1. The van der Waals surface area contributed by atoms with Crippen molar-refractivity contribution in [3.63, 3.8) is 0 Å². The minimum Gasteiger partial charge on any atom is -0.540 e. The van der Waals surface area contributed by atoms with Crippen LogP contribution in [0.1, 0.15) is 57.5 Å². The Morgan fingerprint density at radius 3 is 2.08 bits per heavy atom. The number of hydrogen-bond acceptors (Lipinski definition) is 3. The molecule has 0 aliphatic carbocycles. The Morgan fingerprint density at radius 2 is 1.58 bits per heavy atom. The van der Waals surface area contributed by atoms with Gasteiger partial charge in [0.2, 0.25) is 0 Å². The highest BCUT2D eigenvalue weighted by Crippen LogP contribution is 2.45. The predicted molar refractivity (Wildman–Crippen MR) is 101 cm³/mol. The number of carbonyl (C=O) groups excluding carboxylic acids is 1. The first kappa shape index (κ1) is 18.8. The molecule has 0 saturated carbocycles. The van der Waals surface area contributed by atoms with E-state index in [0.29, 0.717) is 34.5 Å². The zero-order chi connectivity index (χ0) is 18.1. The minimum absolute atomic E-state index is 0.0267. The second kappa shape index (κ2) is 7.17. The van der Waals surface area contributed by atoms with Gasteiger partial charge in [-0.1, -0.05) is 41.5 Å². The van der Waals surface area contributed by atoms with Crippen molar-refractivity contribution in [2.75, 3.05) is 13.7 Å². The Kier molecular flexibility index (Phi) is 5.63. The molecule has 0 fully saturated rings. The van der Waals surface area contributed by atoms with Gasteiger partial charge in [0.15, 0.2) is 5.75 Å². The molecular formula is C19H31NO3Si. The second-order valence-electron chi connectivity index (χ2n) is 7.59. The van der Waals surface area contributed by atoms with Gasteiger partial charge in [0.1, 0.15) is 5.75 Å². The number of carbonyl (C=O) groups is 1. The second-order valence-corrected chi connectivity index (χ2v) is 13.0. The first-order chi connectivity index (χ1) is 11.2. The lowest BCUT2D eigenvalue weighted by molar-refractivity contribution is 0.0945. The Morgan fingerprint density at radius 1 is 1.00 bits per heavy atom. The van der Waals surface area contributed by atoms with Gasteiger partial charge >= 0.3 is 0 Å². The van der Waals surface area contributed by atoms with Crippen LogP contribution in [0.5, 0.6) is 11.5 Å². The molecule has 1 aliphatic heterocycles. The van der Waals surface area contributed by atoms with Crippen LogP contribution < -0.4 is 14.5 Å². The van der Waals surface area contributed by atoms with Crippen LogP contribution >= 0.6 is 0 Å². The fourth-order valence-electron chi connectivity index (χ4n) is 4.21. The smallest absolute Gasteiger partial charge is 0.258 e. The average Bonchev–Trinajstić information content (AvgIpc) is 2.51. The summed E-state index contributed by atoms with van der Waals surface area (Å²) in [5, 5.41) is 2.89. The third kappa shape index (κ3) is 3.18. The van der Waals surface area contributed by atoms with Gasteiger partial charge in [0.25, 0.3) is 14.2 Å². The lowest BCUT2D eigenvalue weighted by Gasteiger charge is -2.42. The highest BCUT2D eigenvalue weighted by Gasteiger charge is 2.47. The summed E-state index contributed by atoms with van der Waals surface area (Å²) in [6.07, 6.45) is 0.834. The van der Waals surface area contributed by atoms with Crippen molar-refractivity contribution in [1.82, 2.24) is 5.32 Å². The highest BCUT2D eigenvalue weighted by atomic mass is 28.4. The van der Waals surface area contributed by atoms with Crippen LogP contribution in [-0.2, 0) is 6.42 Å². The Balaban J connectivity index is 2.52. The van der Waals surface area contributed by atoms with Gasteiger partial charge in [-0.15, -0.1) is 0 Å². The van der Waals surface area contributed by atoms with Gasteiger partial charge < -0.3 is 14.5 Å². The third-order valence-electron chi connectivity index (χ3n) is 5.31. The largest absolute Gasteiger partial charge is 0.540 e. The van der Waals surface area contributed by atoms with Gasteiger partial charge in [-0.05, 0) is 40.7 Å². The van der Waals surface area contributed by atoms with Gasteiger partial charge in [0, 0.05) is 12.1 Å². The van der Waals surface area contributed by atoms with Crippen LogP contribution in [0.25, 0.3) is 0 Å². The summed E-state index contributed by atoms with van der Waals surface area (Å²) in [7, 11) is -0.421. The summed E-state index contributed by atoms with van der Waals surface area (Å²) in [5.74, 6) is 1.43. The summed E-state index contributed by atoms with van der Waals surface area (Å²) in [4.78, 5) is 12.1. The summed E-state index contributed by atoms with van der Waals surface area (Å²) in [6.45, 7) is 14.3. The number of fused-ring (bicyclic) bond motifs is 1. The van der Waals surface area contributed by atoms with E-state index in [2.05, 4.69) is 46.9 Å². The van der Waals surface area contributed by atoms with Crippen molar-refractivity contribution >= 4 is 14.2 Å². The molecule has 1 amide bonds. The van der Waals surface area contributed by atoms with E-state index >= 15 is 0 Å². The summed E-state index contributed by atoms with van der Waals surface area (Å²) < 4.78 is 12.4. The molecule has 1 aliphatic rings. The maximum Gasteiger partial charge on any atom is 0.258 e. The summed E-state index contributed by atoms with van der Waals surface area (Å²) >= 11 is 0. The number of amides is 1. The van der Waals surface area contributed by atoms with Crippen molar-refractivity contribution < 1.29 is 14.0 Å². The van der Waals surface area contributed by atoms with E-state index < -0.39 is 8.32 Å². The Hall–Kier alpha value is -1.49. The van der Waals surface area contributed by atoms with Crippen LogP contribution in [0.4, 0.5) is 0 Å². The molecule has 24 heavy (non-hydrogen) atoms. The lowest BCUT2D eigenvalue weighted by Crippen LogP contribution is -2.50. The van der Waals surface area contributed by atoms with Crippen LogP contribution in [-0.4, -0.2) is 27.9 Å². The van der Waals surface area contributed by atoms with Crippen molar-refractivity contribution in [3.8, 4) is 11.5 Å². The SMILES string of the molecule is COc1cc2c(cc1O[Si](C(C)C)(C(C)C)C(C)C)CCNC2=O. The van der Waals surface area contributed by atoms with Crippen molar-refractivity contribution in [2.45, 2.75) is 64.6 Å². The third-order valence-corrected chi connectivity index (χ3v) is 11.3. The lowest BCUT2D eigenvalue weighted by atomic mass is 10.00. The number of rotatable bonds is 6. The highest BCUT2D eigenvalue weighted by molar-refractivity contribution is 6.78. The molecule has 5 heteroatoms.